The molecule has 2 rings (SSSR count). The molecule has 0 saturated heterocycles. The Labute approximate surface area is 198 Å². The van der Waals surface area contributed by atoms with E-state index in [-0.39, 0.29) is 31.4 Å². The van der Waals surface area contributed by atoms with Gasteiger partial charge in [-0.15, -0.1) is 0 Å². The van der Waals surface area contributed by atoms with Gasteiger partial charge >= 0.3 is 5.97 Å². The molecule has 0 radical (unpaired) electrons. The zero-order valence-corrected chi connectivity index (χ0v) is 19.8. The molecule has 0 heterocycles. The predicted octanol–water partition coefficient (Wildman–Crippen LogP) is 3.15. The number of hydrogen-bond acceptors (Lipinski definition) is 5. The van der Waals surface area contributed by atoms with Crippen molar-refractivity contribution in [2.75, 3.05) is 5.75 Å². The van der Waals surface area contributed by atoms with Crippen LogP contribution in [0.2, 0.25) is 5.02 Å². The summed E-state index contributed by atoms with van der Waals surface area (Å²) in [5.41, 5.74) is 2.69. The van der Waals surface area contributed by atoms with Crippen LogP contribution in [0.4, 0.5) is 0 Å². The van der Waals surface area contributed by atoms with Gasteiger partial charge in [-0.3, -0.25) is 19.1 Å². The second kappa shape index (κ2) is 12.4. The Bertz CT molecular complexity index is 1090. The summed E-state index contributed by atoms with van der Waals surface area (Å²) in [6, 6.07) is 14.1. The van der Waals surface area contributed by atoms with Gasteiger partial charge in [0, 0.05) is 23.9 Å². The summed E-state index contributed by atoms with van der Waals surface area (Å²) < 4.78 is 25.8. The quantitative estimate of drug-likeness (QED) is 0.415. The Morgan fingerprint density at radius 2 is 1.70 bits per heavy atom. The van der Waals surface area contributed by atoms with E-state index in [4.69, 9.17) is 16.7 Å². The van der Waals surface area contributed by atoms with Crippen molar-refractivity contribution in [1.82, 2.24) is 10.0 Å². The van der Waals surface area contributed by atoms with Gasteiger partial charge in [0.1, 0.15) is 0 Å². The Hall–Kier alpha value is -2.91. The molecule has 2 amide bonds. The number of benzene rings is 2. The summed E-state index contributed by atoms with van der Waals surface area (Å²) in [5.74, 6) is -2.55. The second-order valence-electron chi connectivity index (χ2n) is 7.62. The Morgan fingerprint density at radius 3 is 2.30 bits per heavy atom. The first-order valence-corrected chi connectivity index (χ1v) is 12.5. The number of sulfonamides is 1. The fraction of sp³-hybridized carbons (Fsp3) is 0.348. The number of halogens is 1. The van der Waals surface area contributed by atoms with Crippen molar-refractivity contribution in [1.29, 1.82) is 0 Å². The van der Waals surface area contributed by atoms with Gasteiger partial charge in [0.2, 0.25) is 21.8 Å². The lowest BCUT2D eigenvalue weighted by Gasteiger charge is -2.19. The van der Waals surface area contributed by atoms with Crippen LogP contribution in [0.25, 0.3) is 11.1 Å². The van der Waals surface area contributed by atoms with Gasteiger partial charge in [-0.2, -0.15) is 0 Å². The number of carbonyl (C=O) groups excluding carboxylic acids is 2. The molecule has 0 unspecified atom stereocenters. The maximum Gasteiger partial charge on any atom is 0.303 e. The van der Waals surface area contributed by atoms with Crippen molar-refractivity contribution in [3.05, 3.63) is 59.1 Å². The Kier molecular flexibility index (Phi) is 9.87. The highest BCUT2D eigenvalue weighted by Crippen LogP contribution is 2.23. The van der Waals surface area contributed by atoms with E-state index >= 15 is 0 Å². The van der Waals surface area contributed by atoms with Gasteiger partial charge in [0.25, 0.3) is 0 Å². The summed E-state index contributed by atoms with van der Waals surface area (Å²) in [6.45, 7) is 1.68. The SMILES string of the molecule is CCCS(=O)(=O)NC(=O)C[C@@H](Cc1ccc(-c2cccc(Cl)c2)cc1)NC(=O)CCC(=O)O. The topological polar surface area (TPSA) is 130 Å². The molecule has 8 nitrogen and oxygen atoms in total. The van der Waals surface area contributed by atoms with Gasteiger partial charge in [-0.25, -0.2) is 8.42 Å². The molecule has 0 aliphatic rings. The molecule has 1 atom stereocenters. The van der Waals surface area contributed by atoms with E-state index in [9.17, 15) is 22.8 Å². The maximum atomic E-state index is 12.3. The third-order valence-corrected chi connectivity index (χ3v) is 6.42. The van der Waals surface area contributed by atoms with E-state index in [0.29, 0.717) is 11.4 Å². The van der Waals surface area contributed by atoms with Crippen LogP contribution < -0.4 is 10.0 Å². The fourth-order valence-electron chi connectivity index (χ4n) is 3.24. The smallest absolute Gasteiger partial charge is 0.303 e. The molecule has 10 heteroatoms. The highest BCUT2D eigenvalue weighted by molar-refractivity contribution is 7.90. The fourth-order valence-corrected chi connectivity index (χ4v) is 4.50. The van der Waals surface area contributed by atoms with E-state index < -0.39 is 33.8 Å². The lowest BCUT2D eigenvalue weighted by atomic mass is 9.99. The summed E-state index contributed by atoms with van der Waals surface area (Å²) in [7, 11) is -3.74. The zero-order chi connectivity index (χ0) is 24.4. The molecule has 0 aliphatic heterocycles. The molecule has 33 heavy (non-hydrogen) atoms. The normalized spacial score (nSPS) is 12.1. The van der Waals surface area contributed by atoms with Crippen LogP contribution in [0.5, 0.6) is 0 Å². The van der Waals surface area contributed by atoms with E-state index in [1.165, 1.54) is 0 Å². The minimum atomic E-state index is -3.74. The third kappa shape index (κ3) is 9.63. The molecule has 0 bridgehead atoms. The van der Waals surface area contributed by atoms with Crippen LogP contribution in [0, 0.1) is 0 Å². The first-order valence-electron chi connectivity index (χ1n) is 10.5. The molecular weight excluding hydrogens is 468 g/mol. The monoisotopic (exact) mass is 494 g/mol. The lowest BCUT2D eigenvalue weighted by Crippen LogP contribution is -2.42. The molecule has 2 aromatic carbocycles. The molecule has 0 saturated carbocycles. The van der Waals surface area contributed by atoms with E-state index in [1.54, 1.807) is 13.0 Å². The molecule has 0 aromatic heterocycles. The number of carboxylic acids is 1. The number of carboxylic acid groups (broad SMARTS) is 1. The average molecular weight is 495 g/mol. The van der Waals surface area contributed by atoms with Crippen molar-refractivity contribution >= 4 is 39.4 Å². The number of nitrogens with one attached hydrogen (secondary N) is 2. The van der Waals surface area contributed by atoms with Crippen LogP contribution in [-0.4, -0.2) is 43.1 Å². The van der Waals surface area contributed by atoms with Crippen LogP contribution >= 0.6 is 11.6 Å². The van der Waals surface area contributed by atoms with E-state index in [2.05, 4.69) is 5.32 Å². The minimum absolute atomic E-state index is 0.181. The van der Waals surface area contributed by atoms with Crippen LogP contribution in [-0.2, 0) is 30.8 Å². The summed E-state index contributed by atoms with van der Waals surface area (Å²) >= 11 is 6.04. The lowest BCUT2D eigenvalue weighted by molar-refractivity contribution is -0.139. The van der Waals surface area contributed by atoms with Gasteiger partial charge in [0.05, 0.1) is 12.2 Å². The van der Waals surface area contributed by atoms with Crippen molar-refractivity contribution in [3.63, 3.8) is 0 Å². The summed E-state index contributed by atoms with van der Waals surface area (Å²) in [6.07, 6.45) is -0.232. The predicted molar refractivity (Wildman–Crippen MR) is 126 cm³/mol. The minimum Gasteiger partial charge on any atom is -0.481 e. The Morgan fingerprint density at radius 1 is 1.00 bits per heavy atom. The third-order valence-electron chi connectivity index (χ3n) is 4.70. The summed E-state index contributed by atoms with van der Waals surface area (Å²) in [4.78, 5) is 35.2. The van der Waals surface area contributed by atoms with E-state index in [0.717, 1.165) is 16.7 Å². The number of carbonyl (C=O) groups is 3. The van der Waals surface area contributed by atoms with Crippen molar-refractivity contribution in [2.45, 2.75) is 45.1 Å². The van der Waals surface area contributed by atoms with Crippen LogP contribution in [0.1, 0.15) is 38.2 Å². The standard InChI is InChI=1S/C23H27ClN2O6S/c1-2-12-33(31,32)26-22(28)15-20(25-21(27)10-11-23(29)30)13-16-6-8-17(9-7-16)18-4-3-5-19(24)14-18/h3-9,14,20H,2,10-13,15H2,1H3,(H,25,27)(H,26,28)(H,29,30)/t20-/m1/s1. The highest BCUT2D eigenvalue weighted by Gasteiger charge is 2.21. The first-order chi connectivity index (χ1) is 15.6. The number of rotatable bonds is 12. The molecule has 178 valence electrons. The van der Waals surface area contributed by atoms with Crippen LogP contribution in [0.3, 0.4) is 0 Å². The van der Waals surface area contributed by atoms with Gasteiger partial charge in [-0.05, 0) is 41.7 Å². The average Bonchev–Trinajstić information content (AvgIpc) is 2.72. The van der Waals surface area contributed by atoms with Gasteiger partial charge in [-0.1, -0.05) is 54.9 Å². The molecule has 0 aliphatic carbocycles. The molecule has 0 fully saturated rings. The largest absolute Gasteiger partial charge is 0.481 e. The van der Waals surface area contributed by atoms with Crippen molar-refractivity contribution in [2.24, 2.45) is 0 Å². The summed E-state index contributed by atoms with van der Waals surface area (Å²) in [5, 5.41) is 12.0. The molecular formula is C23H27ClN2O6S. The van der Waals surface area contributed by atoms with E-state index in [1.807, 2.05) is 47.2 Å². The second-order valence-corrected chi connectivity index (χ2v) is 9.90. The molecule has 3 N–H and O–H groups in total. The van der Waals surface area contributed by atoms with Crippen molar-refractivity contribution in [3.8, 4) is 11.1 Å². The number of aliphatic carboxylic acids is 1. The molecule has 0 spiro atoms. The van der Waals surface area contributed by atoms with Gasteiger partial charge in [0.15, 0.2) is 0 Å². The maximum absolute atomic E-state index is 12.3. The van der Waals surface area contributed by atoms with Crippen molar-refractivity contribution < 1.29 is 27.9 Å². The van der Waals surface area contributed by atoms with Gasteiger partial charge < -0.3 is 10.4 Å². The highest BCUT2D eigenvalue weighted by atomic mass is 35.5. The zero-order valence-electron chi connectivity index (χ0n) is 18.2. The van der Waals surface area contributed by atoms with Crippen LogP contribution in [0.15, 0.2) is 48.5 Å². The number of amides is 2. The number of hydrogen-bond donors (Lipinski definition) is 3. The molecule has 2 aromatic rings. The first kappa shape index (κ1) is 26.3. The Balaban J connectivity index is 2.12.